The summed E-state index contributed by atoms with van der Waals surface area (Å²) in [5, 5.41) is 23.5. The Balaban J connectivity index is 1.56. The molecule has 3 saturated carbocycles. The Morgan fingerprint density at radius 1 is 0.970 bits per heavy atom. The summed E-state index contributed by atoms with van der Waals surface area (Å²) in [6, 6.07) is 0. The van der Waals surface area contributed by atoms with E-state index >= 15 is 0 Å². The van der Waals surface area contributed by atoms with Gasteiger partial charge >= 0.3 is 5.97 Å². The highest BCUT2D eigenvalue weighted by Gasteiger charge is 2.80. The molecule has 1 heterocycles. The van der Waals surface area contributed by atoms with E-state index in [0.29, 0.717) is 42.6 Å². The van der Waals surface area contributed by atoms with Crippen LogP contribution in [-0.4, -0.2) is 38.8 Å². The molecule has 0 aromatic rings. The van der Waals surface area contributed by atoms with Crippen LogP contribution in [0.5, 0.6) is 0 Å². The highest BCUT2D eigenvalue weighted by molar-refractivity contribution is 6.03. The van der Waals surface area contributed by atoms with Gasteiger partial charge in [-0.25, -0.2) is 4.79 Å². The van der Waals surface area contributed by atoms with Gasteiger partial charge in [0.25, 0.3) is 0 Å². The summed E-state index contributed by atoms with van der Waals surface area (Å²) in [5.41, 5.74) is -4.39. The Labute approximate surface area is 197 Å². The molecule has 0 unspecified atom stereocenters. The zero-order valence-electron chi connectivity index (χ0n) is 21.0. The largest absolute Gasteiger partial charge is 0.452 e. The van der Waals surface area contributed by atoms with E-state index in [-0.39, 0.29) is 18.1 Å². The Bertz CT molecular complexity index is 965. The Kier molecular flexibility index (Phi) is 4.81. The van der Waals surface area contributed by atoms with E-state index in [9.17, 15) is 19.8 Å². The standard InChI is InChI=1S/C28H40O5/c1-16(2)17(3)7-8-18(4)19-9-10-27(32)21-15-20(29)22-25(6)11-13-26(22,31)23(30)33-28(21,25)14-12-24(19,27)5/h7-8,15-19,22,31-32H,9-14H2,1-6H3/b8-7+/t17-,18+,19+,22-,24+,25-,26-,27-,28+/m0/s1. The Hall–Kier alpha value is -1.46. The summed E-state index contributed by atoms with van der Waals surface area (Å²) in [7, 11) is 0. The van der Waals surface area contributed by atoms with Gasteiger partial charge in [-0.3, -0.25) is 4.79 Å². The average Bonchev–Trinajstić information content (AvgIpc) is 3.17. The second-order valence-corrected chi connectivity index (χ2v) is 12.7. The van der Waals surface area contributed by atoms with E-state index in [0.717, 1.165) is 12.8 Å². The lowest BCUT2D eigenvalue weighted by Gasteiger charge is -2.64. The lowest BCUT2D eigenvalue weighted by Crippen LogP contribution is -2.73. The van der Waals surface area contributed by atoms with Crippen molar-refractivity contribution >= 4 is 11.8 Å². The van der Waals surface area contributed by atoms with Gasteiger partial charge in [0.1, 0.15) is 5.60 Å². The molecular weight excluding hydrogens is 416 g/mol. The molecule has 5 nitrogen and oxygen atoms in total. The smallest absolute Gasteiger partial charge is 0.339 e. The minimum Gasteiger partial charge on any atom is -0.452 e. The molecule has 0 radical (unpaired) electrons. The van der Waals surface area contributed by atoms with E-state index in [1.807, 2.05) is 6.92 Å². The summed E-state index contributed by atoms with van der Waals surface area (Å²) < 4.78 is 6.13. The fraction of sp³-hybridized carbons (Fsp3) is 0.786. The van der Waals surface area contributed by atoms with Gasteiger partial charge in [0.05, 0.1) is 11.5 Å². The second-order valence-electron chi connectivity index (χ2n) is 12.7. The van der Waals surface area contributed by atoms with Gasteiger partial charge in [0.2, 0.25) is 0 Å². The zero-order chi connectivity index (χ0) is 24.2. The van der Waals surface area contributed by atoms with Gasteiger partial charge in [0.15, 0.2) is 11.4 Å². The fourth-order valence-electron chi connectivity index (χ4n) is 8.56. The first kappa shape index (κ1) is 23.3. The van der Waals surface area contributed by atoms with Crippen LogP contribution in [0.1, 0.15) is 80.1 Å². The van der Waals surface area contributed by atoms with Crippen molar-refractivity contribution in [2.24, 2.45) is 40.4 Å². The van der Waals surface area contributed by atoms with Crippen LogP contribution in [0.2, 0.25) is 0 Å². The number of carbonyl (C=O) groups excluding carboxylic acids is 2. The number of fused-ring (bicyclic) bond motifs is 2. The summed E-state index contributed by atoms with van der Waals surface area (Å²) >= 11 is 0. The summed E-state index contributed by atoms with van der Waals surface area (Å²) in [4.78, 5) is 26.4. The molecule has 1 aliphatic heterocycles. The van der Waals surface area contributed by atoms with Gasteiger partial charge in [-0.15, -0.1) is 0 Å². The third-order valence-corrected chi connectivity index (χ3v) is 11.1. The van der Waals surface area contributed by atoms with Crippen LogP contribution < -0.4 is 0 Å². The van der Waals surface area contributed by atoms with Gasteiger partial charge in [-0.1, -0.05) is 53.7 Å². The van der Waals surface area contributed by atoms with Gasteiger partial charge in [-0.05, 0) is 68.3 Å². The predicted octanol–water partition coefficient (Wildman–Crippen LogP) is 4.36. The van der Waals surface area contributed by atoms with Crippen molar-refractivity contribution in [1.29, 1.82) is 0 Å². The van der Waals surface area contributed by atoms with Crippen molar-refractivity contribution in [3.63, 3.8) is 0 Å². The second kappa shape index (κ2) is 6.81. The fourth-order valence-corrected chi connectivity index (χ4v) is 8.56. The molecular formula is C28H40O5. The van der Waals surface area contributed by atoms with Crippen molar-refractivity contribution in [2.75, 3.05) is 0 Å². The third kappa shape index (κ3) is 2.56. The molecule has 5 aliphatic rings. The SMILES string of the molecule is CC(C)[C@@H](C)/C=C/[C@@H](C)[C@H]1CC[C@]2(O)C3=CC(=O)[C@@H]4[C@@]5(O)CC[C@]4(C)[C@]3(CC[C@]12C)OC5=O. The first-order valence-corrected chi connectivity index (χ1v) is 12.9. The topological polar surface area (TPSA) is 83.8 Å². The summed E-state index contributed by atoms with van der Waals surface area (Å²) in [6.45, 7) is 13.1. The number of ketones is 1. The number of ether oxygens (including phenoxy) is 1. The monoisotopic (exact) mass is 456 g/mol. The number of rotatable bonds is 4. The normalized spacial score (nSPS) is 50.2. The summed E-state index contributed by atoms with van der Waals surface area (Å²) in [6.07, 6.45) is 9.73. The molecule has 5 rings (SSSR count). The van der Waals surface area contributed by atoms with Crippen LogP contribution in [0.4, 0.5) is 0 Å². The molecule has 0 aromatic carbocycles. The molecule has 182 valence electrons. The number of allylic oxidation sites excluding steroid dienone is 3. The lowest BCUT2D eigenvalue weighted by atomic mass is 9.45. The van der Waals surface area contributed by atoms with Crippen molar-refractivity contribution < 1.29 is 24.5 Å². The molecule has 4 bridgehead atoms. The molecule has 33 heavy (non-hydrogen) atoms. The molecule has 1 spiro atoms. The molecule has 2 N–H and O–H groups in total. The number of carbonyl (C=O) groups is 2. The minimum absolute atomic E-state index is 0.223. The Morgan fingerprint density at radius 3 is 2.30 bits per heavy atom. The van der Waals surface area contributed by atoms with Crippen LogP contribution in [0, 0.1) is 40.4 Å². The highest BCUT2D eigenvalue weighted by Crippen LogP contribution is 2.73. The number of esters is 1. The number of aliphatic hydroxyl groups is 2. The van der Waals surface area contributed by atoms with E-state index < -0.39 is 39.5 Å². The first-order valence-electron chi connectivity index (χ1n) is 12.9. The molecule has 5 heteroatoms. The van der Waals surface area contributed by atoms with Crippen LogP contribution in [0.15, 0.2) is 23.8 Å². The highest BCUT2D eigenvalue weighted by atomic mass is 16.6. The quantitative estimate of drug-likeness (QED) is 0.485. The Morgan fingerprint density at radius 2 is 1.64 bits per heavy atom. The van der Waals surface area contributed by atoms with Crippen LogP contribution in [0.3, 0.4) is 0 Å². The van der Waals surface area contributed by atoms with E-state index in [1.54, 1.807) is 6.08 Å². The maximum atomic E-state index is 13.4. The maximum absolute atomic E-state index is 13.4. The molecule has 0 amide bonds. The van der Waals surface area contributed by atoms with Crippen molar-refractivity contribution in [2.45, 2.75) is 96.9 Å². The van der Waals surface area contributed by atoms with E-state index in [4.69, 9.17) is 4.74 Å². The van der Waals surface area contributed by atoms with Gasteiger partial charge < -0.3 is 14.9 Å². The maximum Gasteiger partial charge on any atom is 0.339 e. The van der Waals surface area contributed by atoms with Crippen LogP contribution >= 0.6 is 0 Å². The lowest BCUT2D eigenvalue weighted by molar-refractivity contribution is -0.242. The van der Waals surface area contributed by atoms with Crippen LogP contribution in [-0.2, 0) is 14.3 Å². The van der Waals surface area contributed by atoms with Crippen molar-refractivity contribution in [3.8, 4) is 0 Å². The van der Waals surface area contributed by atoms with Crippen LogP contribution in [0.25, 0.3) is 0 Å². The molecule has 0 aromatic heterocycles. The first-order chi connectivity index (χ1) is 15.3. The molecule has 1 saturated heterocycles. The third-order valence-electron chi connectivity index (χ3n) is 11.1. The summed E-state index contributed by atoms with van der Waals surface area (Å²) in [5.74, 6) is -0.0308. The van der Waals surface area contributed by atoms with Crippen molar-refractivity contribution in [3.05, 3.63) is 23.8 Å². The number of hydrogen-bond acceptors (Lipinski definition) is 5. The zero-order valence-corrected chi connectivity index (χ0v) is 21.0. The van der Waals surface area contributed by atoms with E-state index in [2.05, 4.69) is 46.8 Å². The van der Waals surface area contributed by atoms with Gasteiger partial charge in [0, 0.05) is 16.4 Å². The average molecular weight is 457 g/mol. The molecule has 4 aliphatic carbocycles. The number of hydrogen-bond donors (Lipinski definition) is 2. The molecule has 9 atom stereocenters. The minimum atomic E-state index is -1.73. The van der Waals surface area contributed by atoms with E-state index in [1.165, 1.54) is 0 Å². The molecule has 4 fully saturated rings. The van der Waals surface area contributed by atoms with Gasteiger partial charge in [-0.2, -0.15) is 0 Å². The predicted molar refractivity (Wildman–Crippen MR) is 125 cm³/mol. The van der Waals surface area contributed by atoms with Crippen molar-refractivity contribution in [1.82, 2.24) is 0 Å².